The summed E-state index contributed by atoms with van der Waals surface area (Å²) in [6.07, 6.45) is 2.22. The van der Waals surface area contributed by atoms with E-state index in [1.165, 1.54) is 11.9 Å². The molecule has 0 aliphatic carbocycles. The van der Waals surface area contributed by atoms with Gasteiger partial charge in [-0.2, -0.15) is 0 Å². The van der Waals surface area contributed by atoms with Crippen molar-refractivity contribution in [3.63, 3.8) is 0 Å². The van der Waals surface area contributed by atoms with E-state index in [0.29, 0.717) is 28.7 Å². The number of carbonyl (C=O) groups excluding carboxylic acids is 4. The number of carbonyl (C=O) groups is 4. The summed E-state index contributed by atoms with van der Waals surface area (Å²) in [5.74, 6) is -1.18. The number of aromatic hydroxyl groups is 1. The number of nitrogens with zero attached hydrogens (tertiary/aromatic N) is 3. The second-order valence-electron chi connectivity index (χ2n) is 15.5. The Labute approximate surface area is 314 Å². The normalized spacial score (nSPS) is 11.7. The van der Waals surface area contributed by atoms with E-state index < -0.39 is 16.8 Å². The van der Waals surface area contributed by atoms with E-state index in [2.05, 4.69) is 35.7 Å². The lowest BCUT2D eigenvalue weighted by atomic mass is 9.87. The summed E-state index contributed by atoms with van der Waals surface area (Å²) in [5.41, 5.74) is 1.45. The van der Waals surface area contributed by atoms with Crippen molar-refractivity contribution >= 4 is 34.9 Å². The van der Waals surface area contributed by atoms with Crippen LogP contribution in [0.3, 0.4) is 0 Å². The van der Waals surface area contributed by atoms with Crippen molar-refractivity contribution in [2.75, 3.05) is 33.5 Å². The number of methoxy groups -OCH3 is 1. The third kappa shape index (κ3) is 14.1. The zero-order valence-electron chi connectivity index (χ0n) is 33.9. The Morgan fingerprint density at radius 2 is 1.15 bits per heavy atom. The molecule has 3 rings (SSSR count). The highest BCUT2D eigenvalue weighted by molar-refractivity contribution is 5.93. The van der Waals surface area contributed by atoms with Crippen molar-refractivity contribution in [3.05, 3.63) is 47.5 Å². The van der Waals surface area contributed by atoms with Crippen LogP contribution < -0.4 is 0 Å². The van der Waals surface area contributed by atoms with Gasteiger partial charge < -0.3 is 29.2 Å². The van der Waals surface area contributed by atoms with Crippen LogP contribution in [-0.4, -0.2) is 82.6 Å². The molecule has 13 nitrogen and oxygen atoms in total. The zero-order chi connectivity index (χ0) is 40.8. The lowest BCUT2D eigenvalue weighted by molar-refractivity contribution is -0.155. The van der Waals surface area contributed by atoms with Crippen LogP contribution in [0, 0.1) is 16.2 Å². The fourth-order valence-electron chi connectivity index (χ4n) is 3.89. The summed E-state index contributed by atoms with van der Waals surface area (Å²) < 4.78 is 19.7. The number of rotatable bonds is 13. The topological polar surface area (TPSA) is 176 Å². The highest BCUT2D eigenvalue weighted by Crippen LogP contribution is 2.30. The maximum absolute atomic E-state index is 12.4. The average Bonchev–Trinajstić information content (AvgIpc) is 3.55. The van der Waals surface area contributed by atoms with Gasteiger partial charge in [-0.3, -0.25) is 14.4 Å². The first-order valence-corrected chi connectivity index (χ1v) is 17.9. The minimum absolute atomic E-state index is 0.00414. The molecule has 0 atom stereocenters. The molecule has 296 valence electrons. The van der Waals surface area contributed by atoms with E-state index in [1.54, 1.807) is 24.3 Å². The van der Waals surface area contributed by atoms with E-state index in [-0.39, 0.29) is 60.9 Å². The number of benzene rings is 2. The molecule has 0 bridgehead atoms. The number of hydrogen-bond acceptors (Lipinski definition) is 12. The van der Waals surface area contributed by atoms with Crippen molar-refractivity contribution in [2.45, 2.75) is 108 Å². The summed E-state index contributed by atoms with van der Waals surface area (Å²) in [5, 5.41) is 27.6. The second-order valence-corrected chi connectivity index (χ2v) is 15.5. The Kier molecular flexibility index (Phi) is 17.6. The van der Waals surface area contributed by atoms with E-state index in [1.807, 2.05) is 74.4 Å². The maximum atomic E-state index is 12.4. The van der Waals surface area contributed by atoms with Gasteiger partial charge in [0.25, 0.3) is 0 Å². The molecule has 0 aliphatic heterocycles. The highest BCUT2D eigenvalue weighted by atomic mass is 16.6. The summed E-state index contributed by atoms with van der Waals surface area (Å²) in [4.78, 5) is 47.7. The standard InChI is InChI=1S/C25H31N3O5.C8H16O3.C7H14O2/c1-7-25(5,6)23(31)33-13-12-32-22(30)16-8-10-18-19(14-16)27-28(26-18)20-15-17(24(2,3)4)9-11-21(20)29;1-4-8(2,3)7(10)11-6-5-9;1-5-7(2,3)6(8)9-4/h8-11,14-15,29H,7,12-13H2,1-6H3;9H,4-6H2,1-3H3;5H2,1-4H3. The Balaban J connectivity index is 0.000000575. The number of fused-ring (bicyclic) bond motifs is 1. The van der Waals surface area contributed by atoms with Crippen molar-refractivity contribution in [1.82, 2.24) is 15.0 Å². The van der Waals surface area contributed by atoms with E-state index in [9.17, 15) is 24.3 Å². The minimum Gasteiger partial charge on any atom is -0.506 e. The predicted octanol–water partition coefficient (Wildman–Crippen LogP) is 7.11. The second kappa shape index (κ2) is 20.1. The molecule has 0 saturated carbocycles. The van der Waals surface area contributed by atoms with Crippen molar-refractivity contribution in [2.24, 2.45) is 16.2 Å². The first-order valence-electron chi connectivity index (χ1n) is 17.9. The van der Waals surface area contributed by atoms with Crippen molar-refractivity contribution in [3.8, 4) is 11.4 Å². The third-order valence-electron chi connectivity index (χ3n) is 9.04. The van der Waals surface area contributed by atoms with Crippen LogP contribution >= 0.6 is 0 Å². The first kappa shape index (κ1) is 46.5. The van der Waals surface area contributed by atoms with Gasteiger partial charge in [0.1, 0.15) is 42.3 Å². The van der Waals surface area contributed by atoms with Gasteiger partial charge in [0.05, 0.1) is 35.5 Å². The molecule has 1 aromatic heterocycles. The number of phenols is 1. The third-order valence-corrected chi connectivity index (χ3v) is 9.04. The lowest BCUT2D eigenvalue weighted by Crippen LogP contribution is -2.27. The molecule has 0 saturated heterocycles. The fourth-order valence-corrected chi connectivity index (χ4v) is 3.89. The van der Waals surface area contributed by atoms with Crippen LogP contribution in [0.15, 0.2) is 36.4 Å². The quantitative estimate of drug-likeness (QED) is 0.103. The number of aliphatic hydroxyl groups is 1. The van der Waals surface area contributed by atoms with Gasteiger partial charge in [0.2, 0.25) is 0 Å². The number of ether oxygens (including phenoxy) is 4. The lowest BCUT2D eigenvalue weighted by Gasteiger charge is -2.20. The molecule has 0 radical (unpaired) electrons. The van der Waals surface area contributed by atoms with Crippen LogP contribution in [0.5, 0.6) is 5.75 Å². The van der Waals surface area contributed by atoms with Crippen LogP contribution in [0.2, 0.25) is 0 Å². The van der Waals surface area contributed by atoms with Gasteiger partial charge in [0.15, 0.2) is 0 Å². The SMILES string of the molecule is CCC(C)(C)C(=O)OC.CCC(C)(C)C(=O)OCCO.CCC(C)(C)C(=O)OCCOC(=O)c1ccc2nn(-c3cc(C(C)(C)C)ccc3O)nc2c1. The number of hydrogen-bond donors (Lipinski definition) is 2. The van der Waals surface area contributed by atoms with Gasteiger partial charge in [-0.05, 0) is 102 Å². The van der Waals surface area contributed by atoms with Crippen molar-refractivity contribution < 1.29 is 48.3 Å². The summed E-state index contributed by atoms with van der Waals surface area (Å²) >= 11 is 0. The first-order chi connectivity index (χ1) is 24.5. The molecule has 53 heavy (non-hydrogen) atoms. The molecule has 0 aliphatic rings. The number of aliphatic hydroxyl groups excluding tert-OH is 1. The molecule has 13 heteroatoms. The zero-order valence-corrected chi connectivity index (χ0v) is 33.9. The van der Waals surface area contributed by atoms with E-state index in [0.717, 1.165) is 18.4 Å². The molecular formula is C40H61N3O10. The highest BCUT2D eigenvalue weighted by Gasteiger charge is 2.28. The molecule has 0 fully saturated rings. The van der Waals surface area contributed by atoms with E-state index >= 15 is 0 Å². The van der Waals surface area contributed by atoms with Gasteiger partial charge in [-0.1, -0.05) is 47.6 Å². The van der Waals surface area contributed by atoms with Gasteiger partial charge in [0, 0.05) is 0 Å². The molecule has 2 N–H and O–H groups in total. The molecular weight excluding hydrogens is 682 g/mol. The number of aromatic nitrogens is 3. The largest absolute Gasteiger partial charge is 0.506 e. The number of phenolic OH excluding ortho intramolecular Hbond substituents is 1. The Morgan fingerprint density at radius 3 is 1.62 bits per heavy atom. The van der Waals surface area contributed by atoms with Gasteiger partial charge in [-0.25, -0.2) is 4.79 Å². The summed E-state index contributed by atoms with van der Waals surface area (Å²) in [6.45, 7) is 23.0. The van der Waals surface area contributed by atoms with E-state index in [4.69, 9.17) is 19.3 Å². The van der Waals surface area contributed by atoms with Crippen LogP contribution in [0.25, 0.3) is 16.7 Å². The molecule has 2 aromatic carbocycles. The van der Waals surface area contributed by atoms with Crippen molar-refractivity contribution in [1.29, 1.82) is 0 Å². The monoisotopic (exact) mass is 743 g/mol. The predicted molar refractivity (Wildman–Crippen MR) is 203 cm³/mol. The molecule has 1 heterocycles. The van der Waals surface area contributed by atoms with Crippen LogP contribution in [0.4, 0.5) is 0 Å². The fraction of sp³-hybridized carbons (Fsp3) is 0.600. The smallest absolute Gasteiger partial charge is 0.338 e. The summed E-state index contributed by atoms with van der Waals surface area (Å²) in [6, 6.07) is 10.2. The molecule has 0 amide bonds. The molecule has 3 aromatic rings. The van der Waals surface area contributed by atoms with Gasteiger partial charge >= 0.3 is 23.9 Å². The van der Waals surface area contributed by atoms with Crippen LogP contribution in [0.1, 0.15) is 118 Å². The Morgan fingerprint density at radius 1 is 0.660 bits per heavy atom. The minimum atomic E-state index is -0.568. The average molecular weight is 744 g/mol. The van der Waals surface area contributed by atoms with Gasteiger partial charge in [-0.15, -0.1) is 15.0 Å². The molecule has 0 unspecified atom stereocenters. The number of esters is 4. The summed E-state index contributed by atoms with van der Waals surface area (Å²) in [7, 11) is 1.42. The Hall–Kier alpha value is -4.52. The maximum Gasteiger partial charge on any atom is 0.338 e. The Bertz CT molecular complexity index is 1670. The van der Waals surface area contributed by atoms with Crippen LogP contribution in [-0.2, 0) is 38.7 Å². The molecule has 0 spiro atoms.